The second-order valence-corrected chi connectivity index (χ2v) is 11.6. The molecule has 4 aliphatic carbocycles. The molecule has 0 aliphatic heterocycles. The summed E-state index contributed by atoms with van der Waals surface area (Å²) in [5.74, 6) is 1.85. The van der Waals surface area contributed by atoms with Gasteiger partial charge in [0.25, 0.3) is 0 Å². The van der Waals surface area contributed by atoms with Crippen LogP contribution in [0, 0.1) is 28.6 Å². The van der Waals surface area contributed by atoms with Crippen LogP contribution in [0.5, 0.6) is 0 Å². The molecule has 0 amide bonds. The van der Waals surface area contributed by atoms with Crippen molar-refractivity contribution in [3.8, 4) is 0 Å². The Hall–Kier alpha value is -3.08. The summed E-state index contributed by atoms with van der Waals surface area (Å²) < 4.78 is 0. The van der Waals surface area contributed by atoms with Crippen LogP contribution in [0.3, 0.4) is 0 Å². The highest BCUT2D eigenvalue weighted by atomic mass is 16.7. The second kappa shape index (κ2) is 9.10. The summed E-state index contributed by atoms with van der Waals surface area (Å²) in [5, 5.41) is 4.27. The van der Waals surface area contributed by atoms with Crippen LogP contribution < -0.4 is 0 Å². The van der Waals surface area contributed by atoms with Crippen molar-refractivity contribution >= 4 is 17.3 Å². The van der Waals surface area contributed by atoms with Crippen LogP contribution in [-0.2, 0) is 16.1 Å². The molecule has 36 heavy (non-hydrogen) atoms. The van der Waals surface area contributed by atoms with Crippen LogP contribution in [0.2, 0.25) is 0 Å². The molecule has 0 aromatic carbocycles. The van der Waals surface area contributed by atoms with E-state index in [1.165, 1.54) is 42.4 Å². The number of fused-ring (bicyclic) bond motifs is 5. The molecule has 2 saturated carbocycles. The van der Waals surface area contributed by atoms with Gasteiger partial charge < -0.3 is 4.84 Å². The zero-order chi connectivity index (χ0) is 24.8. The Morgan fingerprint density at radius 3 is 2.64 bits per heavy atom. The van der Waals surface area contributed by atoms with Gasteiger partial charge in [0.2, 0.25) is 0 Å². The van der Waals surface area contributed by atoms with Crippen molar-refractivity contribution < 1.29 is 9.63 Å². The molecule has 4 aliphatic rings. The maximum atomic E-state index is 12.3. The first kappa shape index (κ1) is 23.3. The highest BCUT2D eigenvalue weighted by Crippen LogP contribution is 2.66. The number of hydrogen-bond donors (Lipinski definition) is 0. The summed E-state index contributed by atoms with van der Waals surface area (Å²) in [6, 6.07) is 8.00. The highest BCUT2D eigenvalue weighted by molar-refractivity contribution is 5.96. The molecule has 2 aromatic heterocycles. The molecule has 0 N–H and O–H groups in total. The van der Waals surface area contributed by atoms with Gasteiger partial charge in [0, 0.05) is 24.8 Å². The lowest BCUT2D eigenvalue weighted by Crippen LogP contribution is -2.49. The Morgan fingerprint density at radius 1 is 1.03 bits per heavy atom. The topological polar surface area (TPSA) is 64.4 Å². The molecule has 0 unspecified atom stereocenters. The van der Waals surface area contributed by atoms with E-state index < -0.39 is 0 Å². The number of allylic oxidation sites excluding steroid dienone is 4. The van der Waals surface area contributed by atoms with Crippen molar-refractivity contribution in [3.63, 3.8) is 0 Å². The molecule has 2 fully saturated rings. The standard InChI is InChI=1S/C31H35N3O2/c1-30-13-11-24(34-36-29(35)17-21-5-3-15-32-19-21)18-23(30)7-8-25-27-10-9-26(22-6-4-16-33-20-22)31(27,2)14-12-28(25)30/h3-6,9,15-16,18-20,25,27-28H,7-8,10-14,17H2,1-2H3/t25-,27+,28+,30+,31-/m1/s1. The van der Waals surface area contributed by atoms with Crippen molar-refractivity contribution in [2.75, 3.05) is 0 Å². The molecule has 6 rings (SSSR count). The van der Waals surface area contributed by atoms with E-state index in [9.17, 15) is 4.79 Å². The second-order valence-electron chi connectivity index (χ2n) is 11.6. The first-order valence-electron chi connectivity index (χ1n) is 13.4. The average molecular weight is 482 g/mol. The lowest BCUT2D eigenvalue weighted by Gasteiger charge is -2.58. The predicted octanol–water partition coefficient (Wildman–Crippen LogP) is 6.57. The molecule has 186 valence electrons. The van der Waals surface area contributed by atoms with Crippen LogP contribution in [0.1, 0.15) is 69.9 Å². The lowest BCUT2D eigenvalue weighted by molar-refractivity contribution is -0.142. The molecule has 0 saturated heterocycles. The van der Waals surface area contributed by atoms with E-state index >= 15 is 0 Å². The zero-order valence-electron chi connectivity index (χ0n) is 21.3. The number of pyridine rings is 2. The molecule has 5 atom stereocenters. The van der Waals surface area contributed by atoms with E-state index in [-0.39, 0.29) is 23.2 Å². The van der Waals surface area contributed by atoms with Crippen molar-refractivity contribution in [2.24, 2.45) is 33.7 Å². The number of carbonyl (C=O) groups excluding carboxylic acids is 1. The van der Waals surface area contributed by atoms with E-state index in [1.54, 1.807) is 12.4 Å². The summed E-state index contributed by atoms with van der Waals surface area (Å²) in [7, 11) is 0. The third kappa shape index (κ3) is 3.93. The van der Waals surface area contributed by atoms with E-state index in [0.29, 0.717) is 11.8 Å². The molecule has 2 heterocycles. The molecule has 0 radical (unpaired) electrons. The Balaban J connectivity index is 1.16. The number of nitrogens with zero attached hydrogens (tertiary/aromatic N) is 3. The smallest absolute Gasteiger partial charge is 0.318 e. The van der Waals surface area contributed by atoms with Crippen LogP contribution in [0.25, 0.3) is 5.57 Å². The summed E-state index contributed by atoms with van der Waals surface area (Å²) >= 11 is 0. The van der Waals surface area contributed by atoms with Crippen LogP contribution in [0.4, 0.5) is 0 Å². The van der Waals surface area contributed by atoms with Gasteiger partial charge in [-0.2, -0.15) is 0 Å². The van der Waals surface area contributed by atoms with Gasteiger partial charge in [-0.3, -0.25) is 9.97 Å². The highest BCUT2D eigenvalue weighted by Gasteiger charge is 2.57. The van der Waals surface area contributed by atoms with Gasteiger partial charge >= 0.3 is 5.97 Å². The fourth-order valence-electron chi connectivity index (χ4n) is 7.99. The molecular weight excluding hydrogens is 446 g/mol. The van der Waals surface area contributed by atoms with Crippen molar-refractivity contribution in [2.45, 2.75) is 65.2 Å². The monoisotopic (exact) mass is 481 g/mol. The molecule has 5 heteroatoms. The van der Waals surface area contributed by atoms with Crippen LogP contribution >= 0.6 is 0 Å². The SMILES string of the molecule is C[C@]12CCC(=NOC(=O)Cc3cccnc3)C=C1CC[C@H]1[C@@H]2CC[C@]2(C)C(c3cccnc3)=CC[C@@H]12. The minimum absolute atomic E-state index is 0.192. The molecular formula is C31H35N3O2. The number of hydrogen-bond acceptors (Lipinski definition) is 5. The Morgan fingerprint density at radius 2 is 1.86 bits per heavy atom. The fraction of sp³-hybridized carbons (Fsp3) is 0.484. The Labute approximate surface area is 213 Å². The lowest BCUT2D eigenvalue weighted by atomic mass is 9.46. The zero-order valence-corrected chi connectivity index (χ0v) is 21.3. The third-order valence-electron chi connectivity index (χ3n) is 9.87. The Bertz CT molecular complexity index is 1230. The van der Waals surface area contributed by atoms with Gasteiger partial charge in [-0.15, -0.1) is 0 Å². The van der Waals surface area contributed by atoms with E-state index in [1.807, 2.05) is 24.5 Å². The van der Waals surface area contributed by atoms with Crippen LogP contribution in [0.15, 0.2) is 71.9 Å². The minimum Gasteiger partial charge on any atom is -0.318 e. The van der Waals surface area contributed by atoms with Crippen molar-refractivity contribution in [3.05, 3.63) is 77.9 Å². The van der Waals surface area contributed by atoms with Gasteiger partial charge in [0.05, 0.1) is 12.1 Å². The first-order chi connectivity index (χ1) is 17.5. The van der Waals surface area contributed by atoms with Gasteiger partial charge in [0.1, 0.15) is 0 Å². The van der Waals surface area contributed by atoms with Gasteiger partial charge in [-0.05, 0) is 108 Å². The molecule has 0 bridgehead atoms. The van der Waals surface area contributed by atoms with Crippen molar-refractivity contribution in [1.29, 1.82) is 0 Å². The van der Waals surface area contributed by atoms with E-state index in [2.05, 4.69) is 53.3 Å². The number of carbonyl (C=O) groups is 1. The first-order valence-corrected chi connectivity index (χ1v) is 13.4. The predicted molar refractivity (Wildman–Crippen MR) is 141 cm³/mol. The average Bonchev–Trinajstić information content (AvgIpc) is 3.26. The molecule has 5 nitrogen and oxygen atoms in total. The van der Waals surface area contributed by atoms with Gasteiger partial charge in [0.15, 0.2) is 0 Å². The van der Waals surface area contributed by atoms with Crippen molar-refractivity contribution in [1.82, 2.24) is 9.97 Å². The van der Waals surface area contributed by atoms with Gasteiger partial charge in [-0.25, -0.2) is 4.79 Å². The van der Waals surface area contributed by atoms with E-state index in [4.69, 9.17) is 4.84 Å². The maximum absolute atomic E-state index is 12.3. The number of oxime groups is 1. The van der Waals surface area contributed by atoms with Gasteiger partial charge in [-0.1, -0.05) is 42.8 Å². The molecule has 2 aromatic rings. The largest absolute Gasteiger partial charge is 0.339 e. The summed E-state index contributed by atoms with van der Waals surface area (Å²) in [4.78, 5) is 26.0. The number of rotatable bonds is 4. The third-order valence-corrected chi connectivity index (χ3v) is 9.87. The normalized spacial score (nSPS) is 34.2. The minimum atomic E-state index is -0.337. The summed E-state index contributed by atoms with van der Waals surface area (Å²) in [6.07, 6.45) is 20.3. The molecule has 0 spiro atoms. The van der Waals surface area contributed by atoms with Crippen LogP contribution in [-0.4, -0.2) is 21.6 Å². The summed E-state index contributed by atoms with van der Waals surface area (Å²) in [5.41, 5.74) is 6.57. The Kier molecular flexibility index (Phi) is 5.89. The van der Waals surface area contributed by atoms with E-state index in [0.717, 1.165) is 36.5 Å². The fourth-order valence-corrected chi connectivity index (χ4v) is 7.99. The maximum Gasteiger partial charge on any atom is 0.339 e. The summed E-state index contributed by atoms with van der Waals surface area (Å²) in [6.45, 7) is 5.01. The quantitative estimate of drug-likeness (QED) is 0.366. The number of aromatic nitrogens is 2.